The van der Waals surface area contributed by atoms with E-state index in [1.807, 2.05) is 13.8 Å². The molecule has 0 aromatic rings. The molecule has 8 atom stereocenters. The van der Waals surface area contributed by atoms with Crippen LogP contribution >= 0.6 is 11.6 Å². The summed E-state index contributed by atoms with van der Waals surface area (Å²) in [6.45, 7) is 5.08. The molecule has 0 spiro atoms. The second kappa shape index (κ2) is 13.3. The highest BCUT2D eigenvalue weighted by Gasteiger charge is 2.74. The molecule has 13 heteroatoms. The third kappa shape index (κ3) is 6.02. The average molecular weight is 641 g/mol. The molecule has 5 N–H and O–H groups in total. The molecule has 4 aliphatic carbocycles. The molecule has 0 aromatic carbocycles. The number of carbonyl (C=O) groups excluding carboxylic acids is 4. The van der Waals surface area contributed by atoms with Gasteiger partial charge in [-0.2, -0.15) is 0 Å². The fraction of sp³-hybridized carbons (Fsp3) is 0.742. The highest BCUT2D eigenvalue weighted by molar-refractivity contribution is 6.26. The van der Waals surface area contributed by atoms with Crippen molar-refractivity contribution in [3.8, 4) is 0 Å². The molecule has 2 unspecified atom stereocenters. The van der Waals surface area contributed by atoms with Crippen molar-refractivity contribution < 1.29 is 49.4 Å². The minimum absolute atomic E-state index is 0.0281. The minimum atomic E-state index is -1.85. The number of Topliss-reactive ketones (excluding diaryl/α,β-unsaturated/α-hetero) is 1. The smallest absolute Gasteiger partial charge is 0.308 e. The zero-order valence-electron chi connectivity index (χ0n) is 25.6. The Morgan fingerprint density at radius 3 is 2.57 bits per heavy atom. The van der Waals surface area contributed by atoms with E-state index in [-0.39, 0.29) is 61.3 Å². The Balaban J connectivity index is 1.32. The molecule has 3 saturated carbocycles. The number of unbranched alkanes of at least 4 members (excludes halogenated alkanes) is 2. The molecule has 0 radical (unpaired) electrons. The molecule has 0 bridgehead atoms. The number of nitrogens with zero attached hydrogens (tertiary/aromatic N) is 1. The van der Waals surface area contributed by atoms with Crippen LogP contribution in [0, 0.1) is 28.6 Å². The van der Waals surface area contributed by atoms with Gasteiger partial charge < -0.3 is 20.3 Å². The lowest BCUT2D eigenvalue weighted by molar-refractivity contribution is -0.492. The van der Waals surface area contributed by atoms with Gasteiger partial charge in [0.2, 0.25) is 11.7 Å². The van der Waals surface area contributed by atoms with Gasteiger partial charge in [-0.15, -0.1) is 11.6 Å². The summed E-state index contributed by atoms with van der Waals surface area (Å²) in [6.07, 6.45) is 7.45. The number of esters is 1. The Hall–Kier alpha value is -2.19. The van der Waals surface area contributed by atoms with Crippen molar-refractivity contribution in [1.29, 1.82) is 0 Å². The number of ether oxygens (including phenoxy) is 1. The van der Waals surface area contributed by atoms with Crippen LogP contribution in [-0.2, 0) is 28.8 Å². The number of alkyl halides is 1. The lowest BCUT2D eigenvalue weighted by Gasteiger charge is -2.63. The summed E-state index contributed by atoms with van der Waals surface area (Å²) in [6, 6.07) is 0. The summed E-state index contributed by atoms with van der Waals surface area (Å²) in [5, 5.41) is 42.9. The van der Waals surface area contributed by atoms with Crippen molar-refractivity contribution >= 4 is 35.0 Å². The zero-order valence-corrected chi connectivity index (χ0v) is 26.3. The lowest BCUT2D eigenvalue weighted by atomic mass is 9.45. The monoisotopic (exact) mass is 640 g/mol. The Morgan fingerprint density at radius 2 is 1.86 bits per heavy atom. The number of aliphatic hydroxyl groups excluding tert-OH is 1. The highest BCUT2D eigenvalue weighted by atomic mass is 35.5. The van der Waals surface area contributed by atoms with Gasteiger partial charge in [-0.3, -0.25) is 34.4 Å². The molecule has 0 aromatic heterocycles. The Kier molecular flexibility index (Phi) is 10.5. The summed E-state index contributed by atoms with van der Waals surface area (Å²) in [7, 11) is 0. The van der Waals surface area contributed by atoms with Crippen LogP contribution in [0.1, 0.15) is 78.6 Å². The second-order valence-electron chi connectivity index (χ2n) is 13.2. The fourth-order valence-corrected chi connectivity index (χ4v) is 9.09. The number of hydrogen-bond donors (Lipinski definition) is 5. The van der Waals surface area contributed by atoms with Crippen molar-refractivity contribution in [3.63, 3.8) is 0 Å². The van der Waals surface area contributed by atoms with Crippen LogP contribution in [0.5, 0.6) is 0 Å². The number of amides is 1. The number of aliphatic hydroxyl groups is 2. The van der Waals surface area contributed by atoms with E-state index in [4.69, 9.17) is 26.8 Å². The number of allylic oxidation sites excluding steroid dienone is 4. The van der Waals surface area contributed by atoms with E-state index < -0.39 is 51.7 Å². The highest BCUT2D eigenvalue weighted by Crippen LogP contribution is 2.71. The number of hydrogen-bond acceptors (Lipinski definition) is 11. The standard InChI is InChI=1S/C31H45ClN2O10/c1-19-15-23-22-9-8-20-16-21(35)10-12-28(20,2)30(22,32)24(36)17-29(23,3)31(19,40)25(37)18-43-27(39)11-13-33-26(38)7-5-4-6-14-44-34(41)42/h10,12,16,19,22-24,36,40-42H,4-9,11,13-15,17-18H2,1-3H3,(H,33,38)/t19-,22-,23?,24-,28-,29-,30?,31-/m0/s1. The molecule has 3 fully saturated rings. The van der Waals surface area contributed by atoms with E-state index in [9.17, 15) is 29.4 Å². The maximum atomic E-state index is 13.6. The average Bonchev–Trinajstić information content (AvgIpc) is 3.16. The first kappa shape index (κ1) is 34.7. The fourth-order valence-electron chi connectivity index (χ4n) is 8.57. The molecular weight excluding hydrogens is 596 g/mol. The Labute approximate surface area is 262 Å². The first-order chi connectivity index (χ1) is 20.6. The van der Waals surface area contributed by atoms with Gasteiger partial charge >= 0.3 is 5.97 Å². The van der Waals surface area contributed by atoms with Gasteiger partial charge in [0.25, 0.3) is 0 Å². The molecule has 4 aliphatic rings. The van der Waals surface area contributed by atoms with Gasteiger partial charge in [0.15, 0.2) is 12.4 Å². The number of halogens is 1. The molecule has 1 amide bonds. The van der Waals surface area contributed by atoms with Crippen LogP contribution in [0.25, 0.3) is 0 Å². The number of fused-ring (bicyclic) bond motifs is 5. The van der Waals surface area contributed by atoms with Crippen molar-refractivity contribution in [2.45, 2.75) is 95.1 Å². The summed E-state index contributed by atoms with van der Waals surface area (Å²) < 4.78 is 5.24. The van der Waals surface area contributed by atoms with Crippen LogP contribution in [0.15, 0.2) is 23.8 Å². The van der Waals surface area contributed by atoms with E-state index in [2.05, 4.69) is 10.2 Å². The number of carbonyl (C=O) groups is 4. The predicted molar refractivity (Wildman–Crippen MR) is 156 cm³/mol. The molecule has 0 aliphatic heterocycles. The molecule has 0 heterocycles. The number of nitrogens with one attached hydrogen (secondary N) is 1. The quantitative estimate of drug-likeness (QED) is 0.0863. The largest absolute Gasteiger partial charge is 0.457 e. The third-order valence-electron chi connectivity index (χ3n) is 10.9. The van der Waals surface area contributed by atoms with E-state index in [1.54, 1.807) is 19.1 Å². The summed E-state index contributed by atoms with van der Waals surface area (Å²) in [5.41, 5.74) is -2.72. The Morgan fingerprint density at radius 1 is 1.14 bits per heavy atom. The van der Waals surface area contributed by atoms with Gasteiger partial charge in [-0.25, -0.2) is 0 Å². The SMILES string of the molecule is C[C@H]1CC2[C@@H]3CCC4=CC(=O)C=C[C@]4(C)C3(Cl)[C@@H](O)C[C@]2(C)[C@@]1(O)C(=O)COC(=O)CCNC(=O)CCCCCON(O)O. The molecule has 12 nitrogen and oxygen atoms in total. The first-order valence-electron chi connectivity index (χ1n) is 15.4. The summed E-state index contributed by atoms with van der Waals surface area (Å²) in [5.74, 6) is -2.55. The van der Waals surface area contributed by atoms with Crippen molar-refractivity contribution in [2.75, 3.05) is 19.8 Å². The van der Waals surface area contributed by atoms with Crippen LogP contribution in [-0.4, -0.2) is 85.8 Å². The molecule has 4 rings (SSSR count). The van der Waals surface area contributed by atoms with E-state index in [0.29, 0.717) is 38.5 Å². The van der Waals surface area contributed by atoms with Crippen LogP contribution in [0.4, 0.5) is 0 Å². The zero-order chi connectivity index (χ0) is 32.5. The lowest BCUT2D eigenvalue weighted by Crippen LogP contribution is -2.69. The van der Waals surface area contributed by atoms with Gasteiger partial charge in [0.1, 0.15) is 5.60 Å². The normalized spacial score (nSPS) is 37.6. The maximum absolute atomic E-state index is 13.6. The summed E-state index contributed by atoms with van der Waals surface area (Å²) in [4.78, 5) is 53.4. The summed E-state index contributed by atoms with van der Waals surface area (Å²) >= 11 is 7.43. The minimum Gasteiger partial charge on any atom is -0.457 e. The first-order valence-corrected chi connectivity index (χ1v) is 15.8. The second-order valence-corrected chi connectivity index (χ2v) is 13.9. The van der Waals surface area contributed by atoms with Gasteiger partial charge in [0, 0.05) is 23.8 Å². The van der Waals surface area contributed by atoms with Crippen molar-refractivity contribution in [3.05, 3.63) is 23.8 Å². The van der Waals surface area contributed by atoms with E-state index in [1.165, 1.54) is 6.08 Å². The Bertz CT molecular complexity index is 1210. The van der Waals surface area contributed by atoms with Crippen molar-refractivity contribution in [2.24, 2.45) is 28.6 Å². The van der Waals surface area contributed by atoms with Gasteiger partial charge in [-0.1, -0.05) is 38.8 Å². The topological polar surface area (TPSA) is 183 Å². The van der Waals surface area contributed by atoms with Gasteiger partial charge in [0.05, 0.1) is 29.4 Å². The van der Waals surface area contributed by atoms with Crippen LogP contribution < -0.4 is 5.32 Å². The molecule has 246 valence electrons. The molecule has 44 heavy (non-hydrogen) atoms. The van der Waals surface area contributed by atoms with E-state index >= 15 is 0 Å². The van der Waals surface area contributed by atoms with Crippen molar-refractivity contribution in [1.82, 2.24) is 10.7 Å². The van der Waals surface area contributed by atoms with E-state index in [0.717, 1.165) is 5.57 Å². The number of rotatable bonds is 13. The third-order valence-corrected chi connectivity index (χ3v) is 11.8. The van der Waals surface area contributed by atoms with Crippen LogP contribution in [0.3, 0.4) is 0 Å². The van der Waals surface area contributed by atoms with Gasteiger partial charge in [-0.05, 0) is 68.4 Å². The predicted octanol–water partition coefficient (Wildman–Crippen LogP) is 2.79. The maximum Gasteiger partial charge on any atom is 0.308 e. The molecule has 0 saturated heterocycles. The number of ketones is 2. The molecular formula is C31H45ClN2O10. The van der Waals surface area contributed by atoms with Crippen LogP contribution in [0.2, 0.25) is 0 Å².